The van der Waals surface area contributed by atoms with Crippen molar-refractivity contribution in [2.75, 3.05) is 11.9 Å². The molecule has 0 bridgehead atoms. The van der Waals surface area contributed by atoms with E-state index in [1.54, 1.807) is 60.7 Å². The second kappa shape index (κ2) is 8.97. The van der Waals surface area contributed by atoms with Gasteiger partial charge in [0, 0.05) is 21.8 Å². The molecule has 0 aliphatic heterocycles. The number of ether oxygens (including phenoxy) is 1. The molecule has 0 spiro atoms. The van der Waals surface area contributed by atoms with Gasteiger partial charge in [-0.2, -0.15) is 0 Å². The number of ketones is 1. The molecular formula is C22H16ClNO4. The van der Waals surface area contributed by atoms with Crippen LogP contribution in [0.2, 0.25) is 5.02 Å². The first-order valence-corrected chi connectivity index (χ1v) is 8.84. The standard InChI is InChI=1S/C22H16ClNO4/c23-16-12-10-15(11-13-16)21(26)18-8-4-5-9-19(18)22(27)28-14-20(25)24-17-6-2-1-3-7-17/h1-13H,14H2,(H,24,25). The van der Waals surface area contributed by atoms with E-state index < -0.39 is 18.5 Å². The Kier molecular flexibility index (Phi) is 6.19. The number of hydrogen-bond donors (Lipinski definition) is 1. The Morgan fingerprint density at radius 1 is 0.786 bits per heavy atom. The fourth-order valence-corrected chi connectivity index (χ4v) is 2.67. The molecule has 1 amide bonds. The van der Waals surface area contributed by atoms with Gasteiger partial charge in [-0.15, -0.1) is 0 Å². The number of halogens is 1. The molecule has 0 aliphatic rings. The van der Waals surface area contributed by atoms with Crippen molar-refractivity contribution in [1.29, 1.82) is 0 Å². The van der Waals surface area contributed by atoms with E-state index in [1.165, 1.54) is 12.1 Å². The van der Waals surface area contributed by atoms with Gasteiger partial charge in [0.25, 0.3) is 5.91 Å². The molecule has 3 aromatic rings. The summed E-state index contributed by atoms with van der Waals surface area (Å²) in [7, 11) is 0. The Hall–Kier alpha value is -3.44. The maximum absolute atomic E-state index is 12.7. The van der Waals surface area contributed by atoms with Crippen molar-refractivity contribution >= 4 is 34.9 Å². The van der Waals surface area contributed by atoms with Crippen LogP contribution in [0.15, 0.2) is 78.9 Å². The molecule has 0 heterocycles. The molecule has 0 saturated carbocycles. The average Bonchev–Trinajstić information content (AvgIpc) is 2.73. The third-order valence-electron chi connectivity index (χ3n) is 3.89. The first-order chi connectivity index (χ1) is 13.5. The summed E-state index contributed by atoms with van der Waals surface area (Å²) in [5.41, 5.74) is 1.28. The minimum Gasteiger partial charge on any atom is -0.452 e. The summed E-state index contributed by atoms with van der Waals surface area (Å²) in [6, 6.07) is 21.5. The van der Waals surface area contributed by atoms with Crippen LogP contribution in [0.3, 0.4) is 0 Å². The molecule has 0 aliphatic carbocycles. The molecule has 5 nitrogen and oxygen atoms in total. The first-order valence-electron chi connectivity index (χ1n) is 8.46. The minimum atomic E-state index is -0.749. The highest BCUT2D eigenvalue weighted by atomic mass is 35.5. The third-order valence-corrected chi connectivity index (χ3v) is 4.14. The van der Waals surface area contributed by atoms with Gasteiger partial charge in [0.2, 0.25) is 0 Å². The molecule has 0 unspecified atom stereocenters. The van der Waals surface area contributed by atoms with E-state index in [0.29, 0.717) is 16.3 Å². The van der Waals surface area contributed by atoms with Gasteiger partial charge in [0.05, 0.1) is 5.56 Å². The van der Waals surface area contributed by atoms with Crippen molar-refractivity contribution in [3.8, 4) is 0 Å². The number of anilines is 1. The summed E-state index contributed by atoms with van der Waals surface area (Å²) in [5.74, 6) is -1.56. The molecule has 140 valence electrons. The fourth-order valence-electron chi connectivity index (χ4n) is 2.54. The van der Waals surface area contributed by atoms with Crippen LogP contribution >= 0.6 is 11.6 Å². The Morgan fingerprint density at radius 2 is 1.39 bits per heavy atom. The SMILES string of the molecule is O=C(COC(=O)c1ccccc1C(=O)c1ccc(Cl)cc1)Nc1ccccc1. The van der Waals surface area contributed by atoms with Gasteiger partial charge in [-0.25, -0.2) is 4.79 Å². The van der Waals surface area contributed by atoms with E-state index in [-0.39, 0.29) is 16.9 Å². The lowest BCUT2D eigenvalue weighted by atomic mass is 9.98. The molecular weight excluding hydrogens is 378 g/mol. The van der Waals surface area contributed by atoms with Gasteiger partial charge in [0.15, 0.2) is 12.4 Å². The highest BCUT2D eigenvalue weighted by Crippen LogP contribution is 2.18. The molecule has 1 N–H and O–H groups in total. The smallest absolute Gasteiger partial charge is 0.339 e. The molecule has 3 rings (SSSR count). The van der Waals surface area contributed by atoms with Crippen molar-refractivity contribution in [3.63, 3.8) is 0 Å². The van der Waals surface area contributed by atoms with E-state index >= 15 is 0 Å². The highest BCUT2D eigenvalue weighted by Gasteiger charge is 2.20. The van der Waals surface area contributed by atoms with Crippen LogP contribution in [0.5, 0.6) is 0 Å². The van der Waals surface area contributed by atoms with Crippen LogP contribution in [0.1, 0.15) is 26.3 Å². The van der Waals surface area contributed by atoms with Gasteiger partial charge >= 0.3 is 5.97 Å². The van der Waals surface area contributed by atoms with Crippen molar-refractivity contribution in [3.05, 3.63) is 101 Å². The average molecular weight is 394 g/mol. The quantitative estimate of drug-likeness (QED) is 0.498. The topological polar surface area (TPSA) is 72.5 Å². The summed E-state index contributed by atoms with van der Waals surface area (Å²) in [4.78, 5) is 37.1. The number of amides is 1. The van der Waals surface area contributed by atoms with E-state index in [0.717, 1.165) is 0 Å². The van der Waals surface area contributed by atoms with Crippen molar-refractivity contribution in [1.82, 2.24) is 0 Å². The summed E-state index contributed by atoms with van der Waals surface area (Å²) >= 11 is 5.85. The van der Waals surface area contributed by atoms with Crippen LogP contribution in [-0.2, 0) is 9.53 Å². The minimum absolute atomic E-state index is 0.0926. The van der Waals surface area contributed by atoms with Gasteiger partial charge < -0.3 is 10.1 Å². The number of esters is 1. The van der Waals surface area contributed by atoms with E-state index in [4.69, 9.17) is 16.3 Å². The predicted octanol–water partition coefficient (Wildman–Crippen LogP) is 4.37. The predicted molar refractivity (Wildman–Crippen MR) is 107 cm³/mol. The Balaban J connectivity index is 1.69. The third kappa shape index (κ3) is 4.84. The van der Waals surface area contributed by atoms with Crippen molar-refractivity contribution in [2.45, 2.75) is 0 Å². The lowest BCUT2D eigenvalue weighted by Crippen LogP contribution is -2.22. The second-order valence-corrected chi connectivity index (χ2v) is 6.31. The zero-order valence-electron chi connectivity index (χ0n) is 14.7. The molecule has 0 atom stereocenters. The zero-order chi connectivity index (χ0) is 19.9. The number of rotatable bonds is 6. The maximum atomic E-state index is 12.7. The van der Waals surface area contributed by atoms with Crippen LogP contribution in [0.25, 0.3) is 0 Å². The number of para-hydroxylation sites is 1. The van der Waals surface area contributed by atoms with E-state index in [1.807, 2.05) is 6.07 Å². The van der Waals surface area contributed by atoms with Gasteiger partial charge in [-0.1, -0.05) is 48.0 Å². The number of carbonyl (C=O) groups is 3. The molecule has 0 fully saturated rings. The Morgan fingerprint density at radius 3 is 2.07 bits per heavy atom. The van der Waals surface area contributed by atoms with Crippen LogP contribution in [0.4, 0.5) is 5.69 Å². The number of hydrogen-bond acceptors (Lipinski definition) is 4. The Bertz CT molecular complexity index is 1000. The molecule has 6 heteroatoms. The number of benzene rings is 3. The lowest BCUT2D eigenvalue weighted by molar-refractivity contribution is -0.119. The Labute approximate surface area is 166 Å². The maximum Gasteiger partial charge on any atom is 0.339 e. The van der Waals surface area contributed by atoms with E-state index in [2.05, 4.69) is 5.32 Å². The molecule has 0 radical (unpaired) electrons. The largest absolute Gasteiger partial charge is 0.452 e. The number of carbonyl (C=O) groups excluding carboxylic acids is 3. The number of nitrogens with one attached hydrogen (secondary N) is 1. The molecule has 0 aromatic heterocycles. The van der Waals surface area contributed by atoms with Gasteiger partial charge in [-0.05, 0) is 42.5 Å². The van der Waals surface area contributed by atoms with Crippen LogP contribution < -0.4 is 5.32 Å². The molecule has 0 saturated heterocycles. The lowest BCUT2D eigenvalue weighted by Gasteiger charge is -2.10. The van der Waals surface area contributed by atoms with E-state index in [9.17, 15) is 14.4 Å². The normalized spacial score (nSPS) is 10.2. The monoisotopic (exact) mass is 393 g/mol. The molecule has 3 aromatic carbocycles. The highest BCUT2D eigenvalue weighted by molar-refractivity contribution is 6.30. The van der Waals surface area contributed by atoms with Gasteiger partial charge in [0.1, 0.15) is 0 Å². The second-order valence-electron chi connectivity index (χ2n) is 5.87. The fraction of sp³-hybridized carbons (Fsp3) is 0.0455. The summed E-state index contributed by atoms with van der Waals surface area (Å²) < 4.78 is 5.08. The van der Waals surface area contributed by atoms with Crippen LogP contribution in [0, 0.1) is 0 Å². The summed E-state index contributed by atoms with van der Waals surface area (Å²) in [6.07, 6.45) is 0. The first kappa shape index (κ1) is 19.3. The van der Waals surface area contributed by atoms with Crippen molar-refractivity contribution < 1.29 is 19.1 Å². The summed E-state index contributed by atoms with van der Waals surface area (Å²) in [6.45, 7) is -0.461. The molecule has 28 heavy (non-hydrogen) atoms. The summed E-state index contributed by atoms with van der Waals surface area (Å²) in [5, 5.41) is 3.13. The van der Waals surface area contributed by atoms with Crippen LogP contribution in [-0.4, -0.2) is 24.3 Å². The zero-order valence-corrected chi connectivity index (χ0v) is 15.5. The van der Waals surface area contributed by atoms with Gasteiger partial charge in [-0.3, -0.25) is 9.59 Å². The van der Waals surface area contributed by atoms with Crippen molar-refractivity contribution in [2.24, 2.45) is 0 Å².